The molecule has 0 fully saturated rings. The number of hydrogen-bond donors (Lipinski definition) is 2. The van der Waals surface area contributed by atoms with E-state index in [1.54, 1.807) is 6.92 Å². The van der Waals surface area contributed by atoms with Gasteiger partial charge in [-0.2, -0.15) is 0 Å². The van der Waals surface area contributed by atoms with Gasteiger partial charge in [0.2, 0.25) is 10.0 Å². The Labute approximate surface area is 99.5 Å². The van der Waals surface area contributed by atoms with Gasteiger partial charge in [0.1, 0.15) is 10.0 Å². The molecule has 0 aliphatic carbocycles. The Morgan fingerprint density at radius 2 is 2.31 bits per heavy atom. The van der Waals surface area contributed by atoms with Crippen molar-refractivity contribution in [2.45, 2.75) is 24.3 Å². The maximum atomic E-state index is 11.7. The Kier molecular flexibility index (Phi) is 4.67. The standard InChI is InChI=1S/C9H13ClN2O3S/c1-2-7(13)6-12-16(14,15)8-4-3-5-11-9(8)10/h3-5,7,12-13H,2,6H2,1H3. The fourth-order valence-electron chi connectivity index (χ4n) is 1.000. The molecule has 0 aliphatic heterocycles. The van der Waals surface area contributed by atoms with Crippen molar-refractivity contribution in [2.75, 3.05) is 6.54 Å². The lowest BCUT2D eigenvalue weighted by molar-refractivity contribution is 0.174. The van der Waals surface area contributed by atoms with Gasteiger partial charge in [0, 0.05) is 12.7 Å². The van der Waals surface area contributed by atoms with Crippen molar-refractivity contribution in [2.24, 2.45) is 0 Å². The van der Waals surface area contributed by atoms with E-state index in [9.17, 15) is 13.5 Å². The Balaban J connectivity index is 2.83. The molecule has 1 aromatic rings. The van der Waals surface area contributed by atoms with Crippen molar-refractivity contribution in [1.29, 1.82) is 0 Å². The van der Waals surface area contributed by atoms with Crippen molar-refractivity contribution in [3.63, 3.8) is 0 Å². The summed E-state index contributed by atoms with van der Waals surface area (Å²) in [6, 6.07) is 2.84. The van der Waals surface area contributed by atoms with Crippen LogP contribution in [-0.2, 0) is 10.0 Å². The SMILES string of the molecule is CCC(O)CNS(=O)(=O)c1cccnc1Cl. The molecule has 0 bridgehead atoms. The first-order chi connectivity index (χ1) is 7.47. The number of pyridine rings is 1. The van der Waals surface area contributed by atoms with Crippen molar-refractivity contribution in [3.05, 3.63) is 23.5 Å². The summed E-state index contributed by atoms with van der Waals surface area (Å²) in [5, 5.41) is 9.18. The quantitative estimate of drug-likeness (QED) is 0.771. The number of aliphatic hydroxyl groups excluding tert-OH is 1. The highest BCUT2D eigenvalue weighted by Crippen LogP contribution is 2.17. The van der Waals surface area contributed by atoms with E-state index in [2.05, 4.69) is 9.71 Å². The lowest BCUT2D eigenvalue weighted by Crippen LogP contribution is -2.32. The normalized spacial score (nSPS) is 13.7. The van der Waals surface area contributed by atoms with Gasteiger partial charge in [-0.1, -0.05) is 18.5 Å². The Bertz CT molecular complexity index is 450. The van der Waals surface area contributed by atoms with Crippen molar-refractivity contribution < 1.29 is 13.5 Å². The van der Waals surface area contributed by atoms with Gasteiger partial charge in [0.25, 0.3) is 0 Å². The summed E-state index contributed by atoms with van der Waals surface area (Å²) in [6.07, 6.45) is 1.18. The van der Waals surface area contributed by atoms with Crippen molar-refractivity contribution >= 4 is 21.6 Å². The zero-order valence-electron chi connectivity index (χ0n) is 8.72. The molecule has 90 valence electrons. The zero-order chi connectivity index (χ0) is 12.2. The molecule has 16 heavy (non-hydrogen) atoms. The van der Waals surface area contributed by atoms with Crippen LogP contribution in [0.4, 0.5) is 0 Å². The Hall–Kier alpha value is -0.690. The first-order valence-electron chi connectivity index (χ1n) is 4.75. The second-order valence-electron chi connectivity index (χ2n) is 3.21. The number of nitrogens with one attached hydrogen (secondary N) is 1. The number of halogens is 1. The molecule has 0 saturated carbocycles. The van der Waals surface area contributed by atoms with Gasteiger partial charge in [-0.05, 0) is 18.6 Å². The van der Waals surface area contributed by atoms with E-state index in [1.165, 1.54) is 18.3 Å². The van der Waals surface area contributed by atoms with E-state index in [0.29, 0.717) is 6.42 Å². The fourth-order valence-corrected chi connectivity index (χ4v) is 2.52. The second-order valence-corrected chi connectivity index (χ2v) is 5.30. The average Bonchev–Trinajstić information content (AvgIpc) is 2.26. The number of sulfonamides is 1. The molecular weight excluding hydrogens is 252 g/mol. The summed E-state index contributed by atoms with van der Waals surface area (Å²) in [6.45, 7) is 1.72. The third-order valence-electron chi connectivity index (χ3n) is 1.99. The Morgan fingerprint density at radius 1 is 1.62 bits per heavy atom. The summed E-state index contributed by atoms with van der Waals surface area (Å²) >= 11 is 5.67. The third kappa shape index (κ3) is 3.41. The van der Waals surface area contributed by atoms with Crippen molar-refractivity contribution in [1.82, 2.24) is 9.71 Å². The summed E-state index contributed by atoms with van der Waals surface area (Å²) in [5.74, 6) is 0. The van der Waals surface area contributed by atoms with E-state index in [4.69, 9.17) is 11.6 Å². The fraction of sp³-hybridized carbons (Fsp3) is 0.444. The van der Waals surface area contributed by atoms with Gasteiger partial charge in [0.15, 0.2) is 0 Å². The second kappa shape index (κ2) is 5.58. The Morgan fingerprint density at radius 3 is 2.88 bits per heavy atom. The molecule has 0 saturated heterocycles. The van der Waals surface area contributed by atoms with Crippen LogP contribution in [0.15, 0.2) is 23.2 Å². The number of rotatable bonds is 5. The molecule has 0 aromatic carbocycles. The van der Waals surface area contributed by atoms with E-state index in [0.717, 1.165) is 0 Å². The number of nitrogens with zero attached hydrogens (tertiary/aromatic N) is 1. The highest BCUT2D eigenvalue weighted by atomic mass is 35.5. The highest BCUT2D eigenvalue weighted by molar-refractivity contribution is 7.89. The molecule has 2 N–H and O–H groups in total. The first kappa shape index (κ1) is 13.4. The molecular formula is C9H13ClN2O3S. The predicted octanol–water partition coefficient (Wildman–Crippen LogP) is 0.784. The third-order valence-corrected chi connectivity index (χ3v) is 3.86. The van der Waals surface area contributed by atoms with E-state index < -0.39 is 16.1 Å². The number of hydrogen-bond acceptors (Lipinski definition) is 4. The maximum Gasteiger partial charge on any atom is 0.243 e. The topological polar surface area (TPSA) is 79.3 Å². The molecule has 1 heterocycles. The largest absolute Gasteiger partial charge is 0.392 e. The zero-order valence-corrected chi connectivity index (χ0v) is 10.3. The molecule has 5 nitrogen and oxygen atoms in total. The first-order valence-corrected chi connectivity index (χ1v) is 6.61. The minimum atomic E-state index is -3.70. The minimum Gasteiger partial charge on any atom is -0.392 e. The number of aliphatic hydroxyl groups is 1. The number of aromatic nitrogens is 1. The highest BCUT2D eigenvalue weighted by Gasteiger charge is 2.18. The maximum absolute atomic E-state index is 11.7. The minimum absolute atomic E-state index is 0.0376. The van der Waals surface area contributed by atoms with Gasteiger partial charge in [-0.25, -0.2) is 18.1 Å². The molecule has 7 heteroatoms. The van der Waals surface area contributed by atoms with Gasteiger partial charge in [0.05, 0.1) is 6.10 Å². The summed E-state index contributed by atoms with van der Waals surface area (Å²) in [4.78, 5) is 3.59. The predicted molar refractivity (Wildman–Crippen MR) is 60.7 cm³/mol. The van der Waals surface area contributed by atoms with Gasteiger partial charge in [-0.3, -0.25) is 0 Å². The molecule has 1 atom stereocenters. The van der Waals surface area contributed by atoms with Crippen LogP contribution in [0.3, 0.4) is 0 Å². The van der Waals surface area contributed by atoms with Crippen LogP contribution in [0.2, 0.25) is 5.15 Å². The van der Waals surface area contributed by atoms with Crippen LogP contribution < -0.4 is 4.72 Å². The van der Waals surface area contributed by atoms with Crippen LogP contribution in [0, 0.1) is 0 Å². The summed E-state index contributed by atoms with van der Waals surface area (Å²) in [5.41, 5.74) is 0. The monoisotopic (exact) mass is 264 g/mol. The lowest BCUT2D eigenvalue weighted by Gasteiger charge is -2.10. The van der Waals surface area contributed by atoms with Crippen LogP contribution in [-0.4, -0.2) is 31.2 Å². The molecule has 1 unspecified atom stereocenters. The molecule has 0 amide bonds. The average molecular weight is 265 g/mol. The van der Waals surface area contributed by atoms with E-state index in [1.807, 2.05) is 0 Å². The molecule has 0 radical (unpaired) electrons. The smallest absolute Gasteiger partial charge is 0.243 e. The van der Waals surface area contributed by atoms with Crippen LogP contribution in [0.25, 0.3) is 0 Å². The summed E-state index contributed by atoms with van der Waals surface area (Å²) < 4.78 is 25.7. The van der Waals surface area contributed by atoms with Gasteiger partial charge in [-0.15, -0.1) is 0 Å². The molecule has 0 spiro atoms. The van der Waals surface area contributed by atoms with E-state index >= 15 is 0 Å². The lowest BCUT2D eigenvalue weighted by atomic mass is 10.3. The van der Waals surface area contributed by atoms with Crippen LogP contribution >= 0.6 is 11.6 Å². The van der Waals surface area contributed by atoms with Gasteiger partial charge >= 0.3 is 0 Å². The van der Waals surface area contributed by atoms with Crippen LogP contribution in [0.1, 0.15) is 13.3 Å². The molecule has 0 aliphatic rings. The summed E-state index contributed by atoms with van der Waals surface area (Å²) in [7, 11) is -3.70. The van der Waals surface area contributed by atoms with Crippen molar-refractivity contribution in [3.8, 4) is 0 Å². The van der Waals surface area contributed by atoms with E-state index in [-0.39, 0.29) is 16.6 Å². The van der Waals surface area contributed by atoms with Crippen LogP contribution in [0.5, 0.6) is 0 Å². The molecule has 1 aromatic heterocycles. The molecule has 1 rings (SSSR count). The van der Waals surface area contributed by atoms with Gasteiger partial charge < -0.3 is 5.11 Å².